The van der Waals surface area contributed by atoms with E-state index in [0.717, 1.165) is 13.0 Å². The van der Waals surface area contributed by atoms with Crippen molar-refractivity contribution in [1.82, 2.24) is 9.88 Å². The Morgan fingerprint density at radius 1 is 1.53 bits per heavy atom. The number of H-pyrrole nitrogens is 1. The first-order valence-corrected chi connectivity index (χ1v) is 5.81. The Balaban J connectivity index is 1.85. The summed E-state index contributed by atoms with van der Waals surface area (Å²) in [6, 6.07) is 3.55. The lowest BCUT2D eigenvalue weighted by molar-refractivity contribution is -0.137. The number of likely N-dealkylation sites (tertiary alicyclic amines) is 1. The molecule has 1 amide bonds. The number of hydrogen-bond acceptors (Lipinski definition) is 2. The topological polar surface area (TPSA) is 73.4 Å². The summed E-state index contributed by atoms with van der Waals surface area (Å²) in [5.74, 6) is -0.433. The van der Waals surface area contributed by atoms with Gasteiger partial charge in [0, 0.05) is 25.7 Å². The first-order valence-electron chi connectivity index (χ1n) is 5.81. The van der Waals surface area contributed by atoms with Gasteiger partial charge in [-0.15, -0.1) is 0 Å². The summed E-state index contributed by atoms with van der Waals surface area (Å²) in [6.07, 6.45) is 3.48. The molecule has 1 aromatic rings. The summed E-state index contributed by atoms with van der Waals surface area (Å²) >= 11 is 0. The van der Waals surface area contributed by atoms with Gasteiger partial charge in [0.1, 0.15) is 5.69 Å². The van der Waals surface area contributed by atoms with Crippen molar-refractivity contribution in [2.24, 2.45) is 5.92 Å². The fourth-order valence-electron chi connectivity index (χ4n) is 2.21. The summed E-state index contributed by atoms with van der Waals surface area (Å²) in [6.45, 7) is 1.40. The summed E-state index contributed by atoms with van der Waals surface area (Å²) in [7, 11) is 0. The molecule has 2 rings (SSSR count). The standard InChI is InChI=1S/C12H16N2O3/c15-11(16)4-3-9-5-7-14(8-9)12(17)10-2-1-6-13-10/h1-2,6,9,13H,3-5,7-8H2,(H,15,16). The third-order valence-corrected chi connectivity index (χ3v) is 3.17. The molecular weight excluding hydrogens is 220 g/mol. The lowest BCUT2D eigenvalue weighted by atomic mass is 10.0. The van der Waals surface area contributed by atoms with Crippen LogP contribution in [0.5, 0.6) is 0 Å². The number of aliphatic carboxylic acids is 1. The van der Waals surface area contributed by atoms with Crippen LogP contribution < -0.4 is 0 Å². The second kappa shape index (κ2) is 5.03. The maximum atomic E-state index is 12.0. The number of carbonyl (C=O) groups excluding carboxylic acids is 1. The van der Waals surface area contributed by atoms with Crippen molar-refractivity contribution in [3.05, 3.63) is 24.0 Å². The Morgan fingerprint density at radius 3 is 3.00 bits per heavy atom. The molecule has 1 saturated heterocycles. The molecule has 0 radical (unpaired) electrons. The van der Waals surface area contributed by atoms with Crippen molar-refractivity contribution in [1.29, 1.82) is 0 Å². The number of nitrogens with one attached hydrogen (secondary N) is 1. The van der Waals surface area contributed by atoms with Crippen LogP contribution in [0.1, 0.15) is 29.8 Å². The van der Waals surface area contributed by atoms with Crippen molar-refractivity contribution < 1.29 is 14.7 Å². The Kier molecular flexibility index (Phi) is 3.46. The minimum Gasteiger partial charge on any atom is -0.481 e. The van der Waals surface area contributed by atoms with Gasteiger partial charge in [-0.25, -0.2) is 0 Å². The highest BCUT2D eigenvalue weighted by Crippen LogP contribution is 2.22. The minimum absolute atomic E-state index is 0.00725. The van der Waals surface area contributed by atoms with Gasteiger partial charge in [-0.3, -0.25) is 9.59 Å². The average Bonchev–Trinajstić information content (AvgIpc) is 2.97. The second-order valence-corrected chi connectivity index (χ2v) is 4.42. The quantitative estimate of drug-likeness (QED) is 0.828. The highest BCUT2D eigenvalue weighted by Gasteiger charge is 2.27. The van der Waals surface area contributed by atoms with Gasteiger partial charge >= 0.3 is 5.97 Å². The van der Waals surface area contributed by atoms with E-state index in [2.05, 4.69) is 4.98 Å². The highest BCUT2D eigenvalue weighted by atomic mass is 16.4. The van der Waals surface area contributed by atoms with Gasteiger partial charge in [-0.05, 0) is 30.9 Å². The lowest BCUT2D eigenvalue weighted by Gasteiger charge is -2.15. The molecule has 2 N–H and O–H groups in total. The number of amides is 1. The highest BCUT2D eigenvalue weighted by molar-refractivity contribution is 5.92. The van der Waals surface area contributed by atoms with Crippen LogP contribution in [0, 0.1) is 5.92 Å². The first kappa shape index (κ1) is 11.7. The molecule has 0 spiro atoms. The summed E-state index contributed by atoms with van der Waals surface area (Å²) in [5.41, 5.74) is 0.601. The van der Waals surface area contributed by atoms with Gasteiger partial charge in [0.2, 0.25) is 0 Å². The number of rotatable bonds is 4. The van der Waals surface area contributed by atoms with Crippen molar-refractivity contribution in [3.8, 4) is 0 Å². The molecule has 1 aliphatic heterocycles. The zero-order valence-corrected chi connectivity index (χ0v) is 9.56. The van der Waals surface area contributed by atoms with E-state index in [1.807, 2.05) is 0 Å². The van der Waals surface area contributed by atoms with Crippen LogP contribution in [0.25, 0.3) is 0 Å². The predicted octanol–water partition coefficient (Wildman–Crippen LogP) is 1.34. The van der Waals surface area contributed by atoms with E-state index in [1.165, 1.54) is 0 Å². The van der Waals surface area contributed by atoms with Gasteiger partial charge in [0.15, 0.2) is 0 Å². The monoisotopic (exact) mass is 236 g/mol. The number of carboxylic acid groups (broad SMARTS) is 1. The Labute approximate surface area is 99.4 Å². The molecule has 0 aromatic carbocycles. The first-order chi connectivity index (χ1) is 8.16. The van der Waals surface area contributed by atoms with Gasteiger partial charge in [-0.2, -0.15) is 0 Å². The zero-order valence-electron chi connectivity index (χ0n) is 9.56. The van der Waals surface area contributed by atoms with Gasteiger partial charge in [0.05, 0.1) is 0 Å². The molecular formula is C12H16N2O3. The van der Waals surface area contributed by atoms with E-state index in [-0.39, 0.29) is 12.3 Å². The Hall–Kier alpha value is -1.78. The fraction of sp³-hybridized carbons (Fsp3) is 0.500. The Bertz CT molecular complexity index is 400. The molecule has 5 nitrogen and oxygen atoms in total. The number of hydrogen-bond donors (Lipinski definition) is 2. The van der Waals surface area contributed by atoms with Gasteiger partial charge in [-0.1, -0.05) is 0 Å². The largest absolute Gasteiger partial charge is 0.481 e. The van der Waals surface area contributed by atoms with E-state index >= 15 is 0 Å². The summed E-state index contributed by atoms with van der Waals surface area (Å²) < 4.78 is 0. The van der Waals surface area contributed by atoms with Crippen LogP contribution in [0.2, 0.25) is 0 Å². The lowest BCUT2D eigenvalue weighted by Crippen LogP contribution is -2.29. The van der Waals surface area contributed by atoms with Crippen molar-refractivity contribution in [3.63, 3.8) is 0 Å². The van der Waals surface area contributed by atoms with Gasteiger partial charge < -0.3 is 15.0 Å². The van der Waals surface area contributed by atoms with Crippen LogP contribution in [0.4, 0.5) is 0 Å². The third kappa shape index (κ3) is 2.87. The molecule has 1 aromatic heterocycles. The zero-order chi connectivity index (χ0) is 12.3. The van der Waals surface area contributed by atoms with Crippen LogP contribution in [0.15, 0.2) is 18.3 Å². The number of aromatic nitrogens is 1. The molecule has 1 atom stereocenters. The van der Waals surface area contributed by atoms with Crippen molar-refractivity contribution in [2.45, 2.75) is 19.3 Å². The third-order valence-electron chi connectivity index (χ3n) is 3.17. The maximum absolute atomic E-state index is 12.0. The van der Waals surface area contributed by atoms with E-state index < -0.39 is 5.97 Å². The van der Waals surface area contributed by atoms with E-state index in [9.17, 15) is 9.59 Å². The SMILES string of the molecule is O=C(O)CCC1CCN(C(=O)c2ccc[nH]2)C1. The molecule has 0 aliphatic carbocycles. The Morgan fingerprint density at radius 2 is 2.35 bits per heavy atom. The number of aromatic amines is 1. The molecule has 1 fully saturated rings. The molecule has 0 saturated carbocycles. The van der Waals surface area contributed by atoms with Gasteiger partial charge in [0.25, 0.3) is 5.91 Å². The van der Waals surface area contributed by atoms with Crippen molar-refractivity contribution >= 4 is 11.9 Å². The van der Waals surface area contributed by atoms with Crippen LogP contribution in [0.3, 0.4) is 0 Å². The summed E-state index contributed by atoms with van der Waals surface area (Å²) in [4.78, 5) is 27.1. The predicted molar refractivity (Wildman–Crippen MR) is 61.7 cm³/mol. The molecule has 2 heterocycles. The molecule has 17 heavy (non-hydrogen) atoms. The van der Waals surface area contributed by atoms with Crippen LogP contribution >= 0.6 is 0 Å². The van der Waals surface area contributed by atoms with E-state index in [0.29, 0.717) is 24.6 Å². The number of carboxylic acids is 1. The van der Waals surface area contributed by atoms with E-state index in [1.54, 1.807) is 23.2 Å². The molecule has 1 aliphatic rings. The van der Waals surface area contributed by atoms with Crippen LogP contribution in [-0.4, -0.2) is 40.0 Å². The second-order valence-electron chi connectivity index (χ2n) is 4.42. The molecule has 92 valence electrons. The molecule has 5 heteroatoms. The fourth-order valence-corrected chi connectivity index (χ4v) is 2.21. The average molecular weight is 236 g/mol. The molecule has 0 bridgehead atoms. The number of nitrogens with zero attached hydrogens (tertiary/aromatic N) is 1. The normalized spacial score (nSPS) is 19.5. The maximum Gasteiger partial charge on any atom is 0.303 e. The van der Waals surface area contributed by atoms with E-state index in [4.69, 9.17) is 5.11 Å². The van der Waals surface area contributed by atoms with Crippen LogP contribution in [-0.2, 0) is 4.79 Å². The summed E-state index contributed by atoms with van der Waals surface area (Å²) in [5, 5.41) is 8.61. The number of carbonyl (C=O) groups is 2. The molecule has 1 unspecified atom stereocenters. The minimum atomic E-state index is -0.765. The smallest absolute Gasteiger partial charge is 0.303 e. The van der Waals surface area contributed by atoms with Crippen molar-refractivity contribution in [2.75, 3.05) is 13.1 Å².